The number of nitrogens with one attached hydrogen (secondary N) is 2. The molecular weight excluding hydrogens is 338 g/mol. The molecule has 7 nitrogen and oxygen atoms in total. The van der Waals surface area contributed by atoms with E-state index >= 15 is 0 Å². The van der Waals surface area contributed by atoms with Gasteiger partial charge in [-0.3, -0.25) is 14.9 Å². The summed E-state index contributed by atoms with van der Waals surface area (Å²) in [5.41, 5.74) is 4.06. The van der Waals surface area contributed by atoms with Crippen LogP contribution in [0.15, 0.2) is 34.4 Å². The van der Waals surface area contributed by atoms with Crippen molar-refractivity contribution in [3.8, 4) is 0 Å². The molecule has 0 spiro atoms. The number of guanidine groups is 1. The zero-order valence-corrected chi connectivity index (χ0v) is 14.5. The van der Waals surface area contributed by atoms with Gasteiger partial charge in [0, 0.05) is 13.6 Å². The quantitative estimate of drug-likeness (QED) is 0.796. The van der Waals surface area contributed by atoms with E-state index < -0.39 is 6.04 Å². The highest BCUT2D eigenvalue weighted by molar-refractivity contribution is 7.16. The monoisotopic (exact) mass is 355 g/mol. The van der Waals surface area contributed by atoms with Crippen molar-refractivity contribution in [2.24, 2.45) is 4.99 Å². The fraction of sp³-hybridized carbons (Fsp3) is 0.294. The molecular formula is C17H17N5O2S. The molecule has 0 bridgehead atoms. The standard InChI is InChI=1S/C17H17N5O2S/c1-22-6-2-3-12(16(22)24)19-17-20-13(15(23)21-17)7-10-4-5-11-14(8-10)25-9-18-11/h4-5,7-9,12H,2-3,6H2,1H3,(H2,19,20,21,23)/b13-7-. The van der Waals surface area contributed by atoms with Crippen LogP contribution < -0.4 is 10.6 Å². The number of likely N-dealkylation sites (tertiary alicyclic amines) is 1. The van der Waals surface area contributed by atoms with Crippen molar-refractivity contribution in [1.82, 2.24) is 20.5 Å². The Morgan fingerprint density at radius 1 is 1.36 bits per heavy atom. The third-order valence-corrected chi connectivity index (χ3v) is 5.11. The number of hydrogen-bond donors (Lipinski definition) is 2. The summed E-state index contributed by atoms with van der Waals surface area (Å²) in [6.45, 7) is 0.755. The minimum absolute atomic E-state index is 0.0112. The second-order valence-electron chi connectivity index (χ2n) is 6.11. The van der Waals surface area contributed by atoms with Gasteiger partial charge in [0.25, 0.3) is 5.91 Å². The fourth-order valence-electron chi connectivity index (χ4n) is 2.97. The second kappa shape index (κ2) is 6.29. The van der Waals surface area contributed by atoms with E-state index in [4.69, 9.17) is 0 Å². The van der Waals surface area contributed by atoms with Crippen LogP contribution in [0.4, 0.5) is 0 Å². The smallest absolute Gasteiger partial charge is 0.274 e. The Hall–Kier alpha value is -2.74. The van der Waals surface area contributed by atoms with Gasteiger partial charge in [-0.2, -0.15) is 0 Å². The minimum atomic E-state index is -0.436. The largest absolute Gasteiger partial charge is 0.344 e. The maximum Gasteiger partial charge on any atom is 0.274 e. The molecule has 8 heteroatoms. The van der Waals surface area contributed by atoms with Crippen molar-refractivity contribution in [2.45, 2.75) is 18.9 Å². The van der Waals surface area contributed by atoms with Gasteiger partial charge in [0.2, 0.25) is 11.9 Å². The number of fused-ring (bicyclic) bond motifs is 1. The molecule has 0 aliphatic carbocycles. The molecule has 128 valence electrons. The molecule has 0 saturated carbocycles. The molecule has 2 aromatic rings. The lowest BCUT2D eigenvalue weighted by molar-refractivity contribution is -0.133. The first-order valence-corrected chi connectivity index (χ1v) is 8.94. The predicted octanol–water partition coefficient (Wildman–Crippen LogP) is 1.33. The molecule has 2 saturated heterocycles. The van der Waals surface area contributed by atoms with Crippen LogP contribution in [0.3, 0.4) is 0 Å². The van der Waals surface area contributed by atoms with Gasteiger partial charge in [-0.05, 0) is 36.6 Å². The maximum absolute atomic E-state index is 12.2. The van der Waals surface area contributed by atoms with Gasteiger partial charge in [0.05, 0.1) is 15.7 Å². The summed E-state index contributed by atoms with van der Waals surface area (Å²) in [6.07, 6.45) is 3.38. The van der Waals surface area contributed by atoms with Gasteiger partial charge in [-0.15, -0.1) is 11.3 Å². The van der Waals surface area contributed by atoms with Crippen molar-refractivity contribution < 1.29 is 9.59 Å². The number of aromatic nitrogens is 1. The highest BCUT2D eigenvalue weighted by Crippen LogP contribution is 2.21. The van der Waals surface area contributed by atoms with Crippen molar-refractivity contribution in [2.75, 3.05) is 13.6 Å². The summed E-state index contributed by atoms with van der Waals surface area (Å²) in [5.74, 6) is 0.0754. The summed E-state index contributed by atoms with van der Waals surface area (Å²) in [6, 6.07) is 5.40. The molecule has 2 aliphatic rings. The van der Waals surface area contributed by atoms with Gasteiger partial charge < -0.3 is 10.2 Å². The predicted molar refractivity (Wildman–Crippen MR) is 97.0 cm³/mol. The molecule has 4 rings (SSSR count). The van der Waals surface area contributed by atoms with Gasteiger partial charge in [0.15, 0.2) is 0 Å². The Morgan fingerprint density at radius 3 is 3.12 bits per heavy atom. The number of nitrogens with zero attached hydrogens (tertiary/aromatic N) is 3. The van der Waals surface area contributed by atoms with Gasteiger partial charge in [-0.1, -0.05) is 6.07 Å². The molecule has 3 heterocycles. The Kier molecular flexibility index (Phi) is 3.96. The minimum Gasteiger partial charge on any atom is -0.344 e. The Labute approximate surface area is 148 Å². The molecule has 1 atom stereocenters. The number of carbonyl (C=O) groups is 2. The van der Waals surface area contributed by atoms with Crippen molar-refractivity contribution in [3.05, 3.63) is 35.0 Å². The van der Waals surface area contributed by atoms with Crippen LogP contribution in [0.2, 0.25) is 0 Å². The molecule has 2 aliphatic heterocycles. The number of thiazole rings is 1. The highest BCUT2D eigenvalue weighted by Gasteiger charge is 2.29. The van der Waals surface area contributed by atoms with Crippen molar-refractivity contribution >= 4 is 45.4 Å². The van der Waals surface area contributed by atoms with E-state index in [1.807, 2.05) is 18.2 Å². The van der Waals surface area contributed by atoms with Crippen LogP contribution >= 0.6 is 11.3 Å². The lowest BCUT2D eigenvalue weighted by Gasteiger charge is -2.26. The van der Waals surface area contributed by atoms with E-state index in [-0.39, 0.29) is 11.8 Å². The average Bonchev–Trinajstić information content (AvgIpc) is 3.18. The highest BCUT2D eigenvalue weighted by atomic mass is 32.1. The number of likely N-dealkylation sites (N-methyl/N-ethyl adjacent to an activating group) is 1. The van der Waals surface area contributed by atoms with Crippen LogP contribution in [0.25, 0.3) is 16.3 Å². The first-order chi connectivity index (χ1) is 12.1. The van der Waals surface area contributed by atoms with Crippen LogP contribution in [0.5, 0.6) is 0 Å². The molecule has 2 fully saturated rings. The first kappa shape index (κ1) is 15.8. The second-order valence-corrected chi connectivity index (χ2v) is 7.00. The number of benzene rings is 1. The fourth-order valence-corrected chi connectivity index (χ4v) is 3.70. The number of rotatable bonds is 2. The third-order valence-electron chi connectivity index (χ3n) is 4.31. The number of piperidine rings is 1. The van der Waals surface area contributed by atoms with Crippen LogP contribution in [-0.4, -0.2) is 47.3 Å². The number of aliphatic imine (C=N–C) groups is 1. The summed E-state index contributed by atoms with van der Waals surface area (Å²) in [4.78, 5) is 34.6. The number of hydrogen-bond acceptors (Lipinski definition) is 5. The van der Waals surface area contributed by atoms with E-state index in [1.54, 1.807) is 34.9 Å². The average molecular weight is 355 g/mol. The SMILES string of the molecule is CN1CCCC(N=C2NC(=O)/C(=C/c3ccc4ncsc4c3)N2)C1=O. The molecule has 25 heavy (non-hydrogen) atoms. The van der Waals surface area contributed by atoms with Crippen LogP contribution in [0.1, 0.15) is 18.4 Å². The van der Waals surface area contributed by atoms with Crippen molar-refractivity contribution in [1.29, 1.82) is 0 Å². The molecule has 1 aromatic carbocycles. The molecule has 1 unspecified atom stereocenters. The summed E-state index contributed by atoms with van der Waals surface area (Å²) < 4.78 is 1.07. The Balaban J connectivity index is 1.55. The lowest BCUT2D eigenvalue weighted by atomic mass is 10.1. The van der Waals surface area contributed by atoms with Crippen LogP contribution in [0, 0.1) is 0 Å². The van der Waals surface area contributed by atoms with E-state index in [9.17, 15) is 9.59 Å². The normalized spacial score (nSPS) is 24.2. The Morgan fingerprint density at radius 2 is 2.24 bits per heavy atom. The van der Waals surface area contributed by atoms with Gasteiger partial charge in [0.1, 0.15) is 11.7 Å². The lowest BCUT2D eigenvalue weighted by Crippen LogP contribution is -2.42. The van der Waals surface area contributed by atoms with Crippen molar-refractivity contribution in [3.63, 3.8) is 0 Å². The summed E-state index contributed by atoms with van der Waals surface area (Å²) >= 11 is 1.56. The zero-order chi connectivity index (χ0) is 17.4. The van der Waals surface area contributed by atoms with E-state index in [0.717, 1.165) is 28.7 Å². The van der Waals surface area contributed by atoms with Gasteiger partial charge in [-0.25, -0.2) is 9.98 Å². The molecule has 2 amide bonds. The van der Waals surface area contributed by atoms with E-state index in [0.29, 0.717) is 18.1 Å². The Bertz CT molecular complexity index is 917. The first-order valence-electron chi connectivity index (χ1n) is 8.06. The third kappa shape index (κ3) is 3.12. The van der Waals surface area contributed by atoms with Crippen LogP contribution in [-0.2, 0) is 9.59 Å². The summed E-state index contributed by atoms with van der Waals surface area (Å²) in [5, 5.41) is 5.67. The molecule has 2 N–H and O–H groups in total. The maximum atomic E-state index is 12.2. The molecule has 0 radical (unpaired) electrons. The summed E-state index contributed by atoms with van der Waals surface area (Å²) in [7, 11) is 1.77. The van der Waals surface area contributed by atoms with E-state index in [1.165, 1.54) is 0 Å². The zero-order valence-electron chi connectivity index (χ0n) is 13.7. The van der Waals surface area contributed by atoms with Gasteiger partial charge >= 0.3 is 0 Å². The number of carbonyl (C=O) groups excluding carboxylic acids is 2. The topological polar surface area (TPSA) is 86.7 Å². The van der Waals surface area contributed by atoms with E-state index in [2.05, 4.69) is 20.6 Å². The molecule has 1 aromatic heterocycles. The number of amides is 2.